The molecule has 1 aliphatic carbocycles. The van der Waals surface area contributed by atoms with Crippen molar-refractivity contribution < 1.29 is 23.9 Å². The molecule has 0 fully saturated rings. The molecule has 6 heteroatoms. The second kappa shape index (κ2) is 6.34. The van der Waals surface area contributed by atoms with E-state index in [-0.39, 0.29) is 28.5 Å². The molecule has 134 valence electrons. The summed E-state index contributed by atoms with van der Waals surface area (Å²) in [5.41, 5.74) is 7.29. The molecule has 0 radical (unpaired) electrons. The average molecular weight is 361 g/mol. The van der Waals surface area contributed by atoms with Gasteiger partial charge in [-0.15, -0.1) is 0 Å². The summed E-state index contributed by atoms with van der Waals surface area (Å²) in [6, 6.07) is 13.0. The summed E-state index contributed by atoms with van der Waals surface area (Å²) < 4.78 is 10.9. The van der Waals surface area contributed by atoms with Gasteiger partial charge in [-0.3, -0.25) is 14.4 Å². The molecule has 0 spiro atoms. The first-order valence-electron chi connectivity index (χ1n) is 8.25. The summed E-state index contributed by atoms with van der Waals surface area (Å²) in [6.07, 6.45) is 0.168. The Labute approximate surface area is 154 Å². The Morgan fingerprint density at radius 2 is 1.74 bits per heavy atom. The lowest BCUT2D eigenvalue weighted by atomic mass is 9.82. The van der Waals surface area contributed by atoms with Crippen LogP contribution >= 0.6 is 0 Å². The van der Waals surface area contributed by atoms with Crippen LogP contribution in [0.5, 0.6) is 0 Å². The molecule has 2 aromatic rings. The highest BCUT2D eigenvalue weighted by atomic mass is 16.7. The van der Waals surface area contributed by atoms with E-state index in [1.54, 1.807) is 42.5 Å². The Kier molecular flexibility index (Phi) is 3.97. The summed E-state index contributed by atoms with van der Waals surface area (Å²) >= 11 is 0. The fourth-order valence-electron chi connectivity index (χ4n) is 3.24. The van der Waals surface area contributed by atoms with E-state index in [2.05, 4.69) is 0 Å². The first kappa shape index (κ1) is 16.9. The maximum atomic E-state index is 12.9. The van der Waals surface area contributed by atoms with E-state index in [1.165, 1.54) is 19.3 Å². The predicted molar refractivity (Wildman–Crippen MR) is 97.3 cm³/mol. The molecule has 0 saturated carbocycles. The number of anilines is 1. The molecule has 1 aliphatic heterocycles. The second-order valence-corrected chi connectivity index (χ2v) is 6.18. The molecular formula is C21H15NO5. The number of nitrogens with two attached hydrogens (primary N) is 1. The molecule has 0 amide bonds. The van der Waals surface area contributed by atoms with Crippen LogP contribution in [-0.4, -0.2) is 30.7 Å². The third kappa shape index (κ3) is 2.67. The van der Waals surface area contributed by atoms with Crippen molar-refractivity contribution in [3.05, 3.63) is 88.2 Å². The van der Waals surface area contributed by atoms with Crippen LogP contribution in [0.15, 0.2) is 71.5 Å². The van der Waals surface area contributed by atoms with E-state index >= 15 is 0 Å². The van der Waals surface area contributed by atoms with Crippen LogP contribution in [0.2, 0.25) is 0 Å². The zero-order valence-corrected chi connectivity index (χ0v) is 14.4. The van der Waals surface area contributed by atoms with Gasteiger partial charge in [0.2, 0.25) is 12.1 Å². The number of hydrogen-bond donors (Lipinski definition) is 1. The highest BCUT2D eigenvalue weighted by Gasteiger charge is 2.40. The minimum Gasteiger partial charge on any atom is -0.456 e. The van der Waals surface area contributed by atoms with Crippen LogP contribution in [0, 0.1) is 0 Å². The zero-order valence-electron chi connectivity index (χ0n) is 14.4. The molecule has 0 aromatic heterocycles. The number of rotatable bonds is 3. The minimum absolute atomic E-state index is 0.0771. The van der Waals surface area contributed by atoms with E-state index < -0.39 is 12.1 Å². The number of carbonyl (C=O) groups is 3. The highest BCUT2D eigenvalue weighted by Crippen LogP contribution is 2.35. The Balaban J connectivity index is 1.83. The lowest BCUT2D eigenvalue weighted by Crippen LogP contribution is -2.35. The van der Waals surface area contributed by atoms with E-state index in [0.29, 0.717) is 22.4 Å². The molecule has 4 rings (SSSR count). The van der Waals surface area contributed by atoms with Crippen LogP contribution in [0.1, 0.15) is 31.1 Å². The van der Waals surface area contributed by atoms with Gasteiger partial charge in [0.25, 0.3) is 0 Å². The van der Waals surface area contributed by atoms with Crippen molar-refractivity contribution >= 4 is 23.0 Å². The Hall–Kier alpha value is -3.51. The van der Waals surface area contributed by atoms with Crippen LogP contribution in [0.3, 0.4) is 0 Å². The summed E-state index contributed by atoms with van der Waals surface area (Å²) in [5.74, 6) is -1.22. The number of benzene rings is 2. The van der Waals surface area contributed by atoms with Gasteiger partial charge in [-0.1, -0.05) is 36.4 Å². The quantitative estimate of drug-likeness (QED) is 0.667. The van der Waals surface area contributed by atoms with E-state index in [0.717, 1.165) is 0 Å². The SMILES string of the molecule is COC1OC(C(=O)c2cccc(N)c2)=CC2=C1C(=O)c1ccccc1C2=O. The number of allylic oxidation sites excluding steroid dienone is 3. The van der Waals surface area contributed by atoms with Gasteiger partial charge in [-0.05, 0) is 18.2 Å². The zero-order chi connectivity index (χ0) is 19.1. The molecule has 6 nitrogen and oxygen atoms in total. The molecule has 1 atom stereocenters. The third-order valence-corrected chi connectivity index (χ3v) is 4.53. The standard InChI is InChI=1S/C21H15NO5/c1-26-21-17-15(19(24)13-7-2-3-8-14(13)20(17)25)10-16(27-21)18(23)11-5-4-6-12(22)9-11/h2-10,21H,22H2,1H3. The first-order chi connectivity index (χ1) is 13.0. The Bertz CT molecular complexity index is 1060. The second-order valence-electron chi connectivity index (χ2n) is 6.18. The van der Waals surface area contributed by atoms with Crippen molar-refractivity contribution in [2.45, 2.75) is 6.29 Å². The van der Waals surface area contributed by atoms with Gasteiger partial charge in [0.1, 0.15) is 0 Å². The van der Waals surface area contributed by atoms with Gasteiger partial charge in [0.05, 0.1) is 5.57 Å². The monoisotopic (exact) mass is 361 g/mol. The number of Topliss-reactive ketones (excluding diaryl/α,β-unsaturated/α-hetero) is 3. The van der Waals surface area contributed by atoms with Crippen molar-refractivity contribution in [1.29, 1.82) is 0 Å². The van der Waals surface area contributed by atoms with Crippen molar-refractivity contribution in [2.24, 2.45) is 0 Å². The smallest absolute Gasteiger partial charge is 0.231 e. The largest absolute Gasteiger partial charge is 0.456 e. The van der Waals surface area contributed by atoms with Gasteiger partial charge in [0.15, 0.2) is 17.3 Å². The Morgan fingerprint density at radius 3 is 2.41 bits per heavy atom. The number of fused-ring (bicyclic) bond motifs is 1. The molecule has 0 saturated heterocycles. The van der Waals surface area contributed by atoms with Crippen LogP contribution < -0.4 is 5.73 Å². The number of carbonyl (C=O) groups excluding carboxylic acids is 3. The lowest BCUT2D eigenvalue weighted by molar-refractivity contribution is -0.0660. The van der Waals surface area contributed by atoms with Gasteiger partial charge in [-0.2, -0.15) is 0 Å². The molecule has 2 aliphatic rings. The predicted octanol–water partition coefficient (Wildman–Crippen LogP) is 2.71. The fraction of sp³-hybridized carbons (Fsp3) is 0.0952. The first-order valence-corrected chi connectivity index (χ1v) is 8.25. The number of ether oxygens (including phenoxy) is 2. The lowest BCUT2D eigenvalue weighted by Gasteiger charge is -2.29. The van der Waals surface area contributed by atoms with Crippen LogP contribution in [-0.2, 0) is 9.47 Å². The van der Waals surface area contributed by atoms with Gasteiger partial charge >= 0.3 is 0 Å². The summed E-state index contributed by atoms with van der Waals surface area (Å²) in [6.45, 7) is 0. The van der Waals surface area contributed by atoms with E-state index in [4.69, 9.17) is 15.2 Å². The van der Waals surface area contributed by atoms with Gasteiger partial charge < -0.3 is 15.2 Å². The molecule has 2 N–H and O–H groups in total. The summed E-state index contributed by atoms with van der Waals surface area (Å²) in [7, 11) is 1.35. The minimum atomic E-state index is -1.14. The number of methoxy groups -OCH3 is 1. The molecule has 1 unspecified atom stereocenters. The maximum absolute atomic E-state index is 12.9. The van der Waals surface area contributed by atoms with Crippen molar-refractivity contribution in [3.63, 3.8) is 0 Å². The van der Waals surface area contributed by atoms with Crippen LogP contribution in [0.4, 0.5) is 5.69 Å². The van der Waals surface area contributed by atoms with Crippen LogP contribution in [0.25, 0.3) is 0 Å². The molecular weight excluding hydrogens is 346 g/mol. The highest BCUT2D eigenvalue weighted by molar-refractivity contribution is 6.29. The molecule has 2 aromatic carbocycles. The molecule has 0 bridgehead atoms. The van der Waals surface area contributed by atoms with Crippen molar-refractivity contribution in [1.82, 2.24) is 0 Å². The molecule has 1 heterocycles. The average Bonchev–Trinajstić information content (AvgIpc) is 2.70. The normalized spacial score (nSPS) is 18.4. The number of nitrogen functional groups attached to an aromatic ring is 1. The fourth-order valence-corrected chi connectivity index (χ4v) is 3.24. The third-order valence-electron chi connectivity index (χ3n) is 4.53. The topological polar surface area (TPSA) is 95.7 Å². The van der Waals surface area contributed by atoms with Crippen molar-refractivity contribution in [3.8, 4) is 0 Å². The van der Waals surface area contributed by atoms with E-state index in [9.17, 15) is 14.4 Å². The molecule has 27 heavy (non-hydrogen) atoms. The Morgan fingerprint density at radius 1 is 1.04 bits per heavy atom. The number of hydrogen-bond acceptors (Lipinski definition) is 6. The summed E-state index contributed by atoms with van der Waals surface area (Å²) in [4.78, 5) is 38.6. The van der Waals surface area contributed by atoms with Gasteiger partial charge in [-0.25, -0.2) is 0 Å². The number of ketones is 3. The van der Waals surface area contributed by atoms with E-state index in [1.807, 2.05) is 0 Å². The summed E-state index contributed by atoms with van der Waals surface area (Å²) in [5, 5.41) is 0. The van der Waals surface area contributed by atoms with Gasteiger partial charge in [0, 0.05) is 35.1 Å². The van der Waals surface area contributed by atoms with Crippen molar-refractivity contribution in [2.75, 3.05) is 12.8 Å². The maximum Gasteiger partial charge on any atom is 0.231 e.